The topological polar surface area (TPSA) is 55.1 Å². The third-order valence-corrected chi connectivity index (χ3v) is 3.44. The van der Waals surface area contributed by atoms with E-state index in [1.807, 2.05) is 19.1 Å². The van der Waals surface area contributed by atoms with Gasteiger partial charge in [0, 0.05) is 0 Å². The lowest BCUT2D eigenvalue weighted by Gasteiger charge is -2.17. The number of nitrogens with one attached hydrogen (secondary N) is 1. The lowest BCUT2D eigenvalue weighted by atomic mass is 9.96. The molecule has 0 spiro atoms. The summed E-state index contributed by atoms with van der Waals surface area (Å²) in [5.41, 5.74) is 8.21. The molecule has 3 heteroatoms. The molecule has 0 aliphatic heterocycles. The second kappa shape index (κ2) is 8.05. The van der Waals surface area contributed by atoms with E-state index in [9.17, 15) is 4.79 Å². The second-order valence-electron chi connectivity index (χ2n) is 5.96. The van der Waals surface area contributed by atoms with Gasteiger partial charge in [-0.1, -0.05) is 51.5 Å². The summed E-state index contributed by atoms with van der Waals surface area (Å²) in [5.74, 6) is 0.488. The van der Waals surface area contributed by atoms with Gasteiger partial charge in [-0.05, 0) is 36.8 Å². The maximum Gasteiger partial charge on any atom is 0.228 e. The zero-order chi connectivity index (χ0) is 15.1. The van der Waals surface area contributed by atoms with Crippen LogP contribution in [0.5, 0.6) is 0 Å². The maximum atomic E-state index is 12.1. The van der Waals surface area contributed by atoms with Gasteiger partial charge in [0.05, 0.1) is 12.1 Å². The molecule has 0 aromatic heterocycles. The SMILES string of the molecule is CCCC(N)NC(=O)C(C)c1ccc(CC(C)C)cc1. The van der Waals surface area contributed by atoms with Crippen molar-refractivity contribution in [2.24, 2.45) is 11.7 Å². The van der Waals surface area contributed by atoms with Gasteiger partial charge in [-0.15, -0.1) is 0 Å². The van der Waals surface area contributed by atoms with Crippen LogP contribution in [0.25, 0.3) is 0 Å². The van der Waals surface area contributed by atoms with E-state index in [1.165, 1.54) is 5.56 Å². The van der Waals surface area contributed by atoms with E-state index in [1.54, 1.807) is 0 Å². The molecule has 1 rings (SSSR count). The van der Waals surface area contributed by atoms with Crippen LogP contribution in [0.4, 0.5) is 0 Å². The molecule has 0 aliphatic rings. The maximum absolute atomic E-state index is 12.1. The number of carbonyl (C=O) groups excluding carboxylic acids is 1. The molecule has 0 saturated heterocycles. The summed E-state index contributed by atoms with van der Waals surface area (Å²) < 4.78 is 0. The monoisotopic (exact) mass is 276 g/mol. The molecule has 0 bridgehead atoms. The summed E-state index contributed by atoms with van der Waals surface area (Å²) in [7, 11) is 0. The predicted octanol–water partition coefficient (Wildman–Crippen LogP) is 3.19. The highest BCUT2D eigenvalue weighted by Gasteiger charge is 2.16. The van der Waals surface area contributed by atoms with Crippen LogP contribution >= 0.6 is 0 Å². The average molecular weight is 276 g/mol. The van der Waals surface area contributed by atoms with Crippen LogP contribution in [0, 0.1) is 5.92 Å². The first kappa shape index (κ1) is 16.7. The van der Waals surface area contributed by atoms with Crippen molar-refractivity contribution in [3.63, 3.8) is 0 Å². The highest BCUT2D eigenvalue weighted by molar-refractivity contribution is 5.83. The summed E-state index contributed by atoms with van der Waals surface area (Å²) in [6, 6.07) is 8.33. The van der Waals surface area contributed by atoms with Crippen molar-refractivity contribution in [2.75, 3.05) is 0 Å². The van der Waals surface area contributed by atoms with Crippen LogP contribution in [0.2, 0.25) is 0 Å². The van der Waals surface area contributed by atoms with E-state index in [2.05, 4.69) is 38.2 Å². The van der Waals surface area contributed by atoms with E-state index >= 15 is 0 Å². The van der Waals surface area contributed by atoms with Gasteiger partial charge in [-0.3, -0.25) is 4.79 Å². The Morgan fingerprint density at radius 3 is 2.30 bits per heavy atom. The Hall–Kier alpha value is -1.35. The first-order valence-electron chi connectivity index (χ1n) is 7.58. The molecule has 2 atom stereocenters. The third kappa shape index (κ3) is 5.33. The molecule has 0 radical (unpaired) electrons. The third-order valence-electron chi connectivity index (χ3n) is 3.44. The molecule has 1 aromatic carbocycles. The van der Waals surface area contributed by atoms with Gasteiger partial charge in [-0.25, -0.2) is 0 Å². The number of hydrogen-bond acceptors (Lipinski definition) is 2. The minimum atomic E-state index is -0.241. The lowest BCUT2D eigenvalue weighted by Crippen LogP contribution is -2.43. The van der Waals surface area contributed by atoms with Gasteiger partial charge >= 0.3 is 0 Å². The van der Waals surface area contributed by atoms with Gasteiger partial charge in [-0.2, -0.15) is 0 Å². The van der Waals surface area contributed by atoms with Crippen LogP contribution < -0.4 is 11.1 Å². The molecular formula is C17H28N2O. The molecular weight excluding hydrogens is 248 g/mol. The van der Waals surface area contributed by atoms with Crippen molar-refractivity contribution < 1.29 is 4.79 Å². The zero-order valence-corrected chi connectivity index (χ0v) is 13.1. The molecule has 0 fully saturated rings. The first-order chi connectivity index (χ1) is 9.43. The molecule has 1 amide bonds. The second-order valence-corrected chi connectivity index (χ2v) is 5.96. The Kier molecular flexibility index (Phi) is 6.73. The number of rotatable bonds is 7. The fourth-order valence-electron chi connectivity index (χ4n) is 2.26. The first-order valence-corrected chi connectivity index (χ1v) is 7.58. The van der Waals surface area contributed by atoms with E-state index in [-0.39, 0.29) is 18.0 Å². The molecule has 0 heterocycles. The van der Waals surface area contributed by atoms with E-state index < -0.39 is 0 Å². The Labute approximate surface area is 122 Å². The van der Waals surface area contributed by atoms with Crippen molar-refractivity contribution in [3.05, 3.63) is 35.4 Å². The van der Waals surface area contributed by atoms with E-state index in [0.29, 0.717) is 5.92 Å². The smallest absolute Gasteiger partial charge is 0.228 e. The Balaban J connectivity index is 2.62. The molecule has 0 aliphatic carbocycles. The zero-order valence-electron chi connectivity index (χ0n) is 13.1. The van der Waals surface area contributed by atoms with Crippen LogP contribution in [-0.2, 0) is 11.2 Å². The van der Waals surface area contributed by atoms with Gasteiger partial charge in [0.15, 0.2) is 0 Å². The van der Waals surface area contributed by atoms with Gasteiger partial charge in [0.25, 0.3) is 0 Å². The van der Waals surface area contributed by atoms with Crippen LogP contribution in [-0.4, -0.2) is 12.1 Å². The summed E-state index contributed by atoms with van der Waals surface area (Å²) in [4.78, 5) is 12.1. The number of carbonyl (C=O) groups is 1. The summed E-state index contributed by atoms with van der Waals surface area (Å²) in [6.07, 6.45) is 2.61. The van der Waals surface area contributed by atoms with Crippen LogP contribution in [0.15, 0.2) is 24.3 Å². The Bertz CT molecular complexity index is 412. The summed E-state index contributed by atoms with van der Waals surface area (Å²) >= 11 is 0. The normalized spacial score (nSPS) is 14.1. The van der Waals surface area contributed by atoms with Crippen molar-refractivity contribution in [3.8, 4) is 0 Å². The number of benzene rings is 1. The van der Waals surface area contributed by atoms with Gasteiger partial charge in [0.1, 0.15) is 0 Å². The van der Waals surface area contributed by atoms with Crippen molar-refractivity contribution in [1.82, 2.24) is 5.32 Å². The number of hydrogen-bond donors (Lipinski definition) is 2. The molecule has 1 aromatic rings. The highest BCUT2D eigenvalue weighted by atomic mass is 16.2. The fourth-order valence-corrected chi connectivity index (χ4v) is 2.26. The Morgan fingerprint density at radius 1 is 1.20 bits per heavy atom. The quantitative estimate of drug-likeness (QED) is 0.751. The van der Waals surface area contributed by atoms with Gasteiger partial charge in [0.2, 0.25) is 5.91 Å². The minimum Gasteiger partial charge on any atom is -0.340 e. The molecule has 3 N–H and O–H groups in total. The van der Waals surface area contributed by atoms with Crippen LogP contribution in [0.1, 0.15) is 57.6 Å². The van der Waals surface area contributed by atoms with Crippen molar-refractivity contribution in [2.45, 2.75) is 59.0 Å². The highest BCUT2D eigenvalue weighted by Crippen LogP contribution is 2.17. The predicted molar refractivity (Wildman–Crippen MR) is 84.4 cm³/mol. The number of amides is 1. The van der Waals surface area contributed by atoms with Crippen LogP contribution in [0.3, 0.4) is 0 Å². The molecule has 0 saturated carbocycles. The lowest BCUT2D eigenvalue weighted by molar-refractivity contribution is -0.122. The fraction of sp³-hybridized carbons (Fsp3) is 0.588. The van der Waals surface area contributed by atoms with E-state index in [0.717, 1.165) is 24.8 Å². The summed E-state index contributed by atoms with van der Waals surface area (Å²) in [5, 5.41) is 2.86. The Morgan fingerprint density at radius 2 is 1.80 bits per heavy atom. The standard InChI is InChI=1S/C17H28N2O/c1-5-6-16(18)19-17(20)13(4)15-9-7-14(8-10-15)11-12(2)3/h7-10,12-13,16H,5-6,11,18H2,1-4H3,(H,19,20). The van der Waals surface area contributed by atoms with Gasteiger partial charge < -0.3 is 11.1 Å². The van der Waals surface area contributed by atoms with Crippen molar-refractivity contribution >= 4 is 5.91 Å². The average Bonchev–Trinajstić information content (AvgIpc) is 2.38. The summed E-state index contributed by atoms with van der Waals surface area (Å²) in [6.45, 7) is 8.40. The van der Waals surface area contributed by atoms with E-state index in [4.69, 9.17) is 5.73 Å². The minimum absolute atomic E-state index is 0.00237. The molecule has 20 heavy (non-hydrogen) atoms. The molecule has 112 valence electrons. The largest absolute Gasteiger partial charge is 0.340 e. The molecule has 2 unspecified atom stereocenters. The van der Waals surface area contributed by atoms with Crippen molar-refractivity contribution in [1.29, 1.82) is 0 Å². The molecule has 3 nitrogen and oxygen atoms in total. The number of nitrogens with two attached hydrogens (primary N) is 1.